The van der Waals surface area contributed by atoms with Crippen molar-refractivity contribution in [1.29, 1.82) is 0 Å². The first-order valence-electron chi connectivity index (χ1n) is 10.3. The number of benzene rings is 2. The zero-order chi connectivity index (χ0) is 21.3. The summed E-state index contributed by atoms with van der Waals surface area (Å²) in [6.45, 7) is 0. The third-order valence-electron chi connectivity index (χ3n) is 5.42. The maximum atomic E-state index is 4.28. The first-order chi connectivity index (χ1) is 15.8. The van der Waals surface area contributed by atoms with Crippen LogP contribution in [-0.2, 0) is 0 Å². The highest BCUT2D eigenvalue weighted by Gasteiger charge is 2.41. The minimum atomic E-state index is 0.446. The minimum Gasteiger partial charge on any atom is -0.248 e. The quantitative estimate of drug-likeness (QED) is 0.299. The monoisotopic (exact) mass is 444 g/mol. The highest BCUT2D eigenvalue weighted by atomic mass is 32.2. The second kappa shape index (κ2) is 8.24. The Labute approximate surface area is 195 Å². The molecular weight excluding hydrogens is 428 g/mol. The van der Waals surface area contributed by atoms with Crippen molar-refractivity contribution in [3.05, 3.63) is 119 Å². The molecule has 0 saturated carbocycles. The molecule has 2 aliphatic heterocycles. The summed E-state index contributed by atoms with van der Waals surface area (Å²) < 4.78 is 0. The lowest BCUT2D eigenvalue weighted by Crippen LogP contribution is -1.91. The molecule has 4 aromatic rings. The van der Waals surface area contributed by atoms with Gasteiger partial charge in [-0.05, 0) is 71.5 Å². The van der Waals surface area contributed by atoms with Gasteiger partial charge in [0.2, 0.25) is 0 Å². The van der Waals surface area contributed by atoms with Crippen molar-refractivity contribution in [3.63, 3.8) is 0 Å². The van der Waals surface area contributed by atoms with Crippen LogP contribution in [0.2, 0.25) is 0 Å². The lowest BCUT2D eigenvalue weighted by molar-refractivity contribution is 0.938. The van der Waals surface area contributed by atoms with E-state index in [4.69, 9.17) is 0 Å². The fourth-order valence-corrected chi connectivity index (χ4v) is 7.18. The van der Waals surface area contributed by atoms with E-state index in [0.29, 0.717) is 10.5 Å². The lowest BCUT2D eigenvalue weighted by Gasteiger charge is -2.07. The standard InChI is InChI=1S/C28H16N2S2/c1-3-15-29-21(5-1)11-7-19-9-13-23-25(17-19)31-28-24-14-10-20(18-26(24)32-27(23)28)8-12-22-6-2-4-16-30-22/h1-6,9-10,13-18,27-28H. The van der Waals surface area contributed by atoms with Crippen LogP contribution in [0.1, 0.15) is 44.1 Å². The van der Waals surface area contributed by atoms with Gasteiger partial charge in [-0.25, -0.2) is 9.97 Å². The molecule has 0 amide bonds. The zero-order valence-corrected chi connectivity index (χ0v) is 18.6. The normalized spacial score (nSPS) is 17.2. The van der Waals surface area contributed by atoms with E-state index >= 15 is 0 Å². The first-order valence-corrected chi connectivity index (χ1v) is 12.1. The molecular formula is C28H16N2S2. The number of pyridine rings is 2. The molecule has 2 atom stereocenters. The van der Waals surface area contributed by atoms with Crippen molar-refractivity contribution < 1.29 is 0 Å². The molecule has 6 rings (SSSR count). The van der Waals surface area contributed by atoms with Crippen LogP contribution >= 0.6 is 23.5 Å². The van der Waals surface area contributed by atoms with Crippen molar-refractivity contribution in [2.24, 2.45) is 0 Å². The van der Waals surface area contributed by atoms with E-state index in [9.17, 15) is 0 Å². The van der Waals surface area contributed by atoms with Gasteiger partial charge in [0.05, 0.1) is 10.5 Å². The molecule has 32 heavy (non-hydrogen) atoms. The number of rotatable bonds is 0. The highest BCUT2D eigenvalue weighted by Crippen LogP contribution is 2.66. The average molecular weight is 445 g/mol. The van der Waals surface area contributed by atoms with Gasteiger partial charge in [0.15, 0.2) is 0 Å². The summed E-state index contributed by atoms with van der Waals surface area (Å²) in [6.07, 6.45) is 3.54. The molecule has 2 nitrogen and oxygen atoms in total. The molecule has 2 aromatic heterocycles. The van der Waals surface area contributed by atoms with Crippen LogP contribution in [0, 0.1) is 23.7 Å². The smallest absolute Gasteiger partial charge is 0.113 e. The van der Waals surface area contributed by atoms with E-state index in [1.54, 1.807) is 12.4 Å². The third-order valence-corrected chi connectivity index (χ3v) is 8.37. The zero-order valence-electron chi connectivity index (χ0n) is 16.9. The lowest BCUT2D eigenvalue weighted by atomic mass is 10.0. The molecule has 0 aliphatic carbocycles. The topological polar surface area (TPSA) is 25.8 Å². The van der Waals surface area contributed by atoms with Crippen LogP contribution in [0.3, 0.4) is 0 Å². The maximum absolute atomic E-state index is 4.28. The maximum Gasteiger partial charge on any atom is 0.113 e. The van der Waals surface area contributed by atoms with Crippen LogP contribution in [0.25, 0.3) is 0 Å². The van der Waals surface area contributed by atoms with E-state index in [2.05, 4.69) is 70.0 Å². The third kappa shape index (κ3) is 3.69. The molecule has 0 radical (unpaired) electrons. The van der Waals surface area contributed by atoms with Gasteiger partial charge in [0.1, 0.15) is 11.4 Å². The Kier molecular flexibility index (Phi) is 4.96. The second-order valence-corrected chi connectivity index (χ2v) is 9.88. The largest absolute Gasteiger partial charge is 0.248 e. The van der Waals surface area contributed by atoms with E-state index in [0.717, 1.165) is 22.5 Å². The van der Waals surface area contributed by atoms with Crippen LogP contribution < -0.4 is 0 Å². The number of fused-ring (bicyclic) bond motifs is 5. The van der Waals surface area contributed by atoms with Crippen LogP contribution in [-0.4, -0.2) is 9.97 Å². The number of hydrogen-bond donors (Lipinski definition) is 0. The van der Waals surface area contributed by atoms with Gasteiger partial charge in [0.25, 0.3) is 0 Å². The van der Waals surface area contributed by atoms with Gasteiger partial charge >= 0.3 is 0 Å². The first kappa shape index (κ1) is 19.3. The summed E-state index contributed by atoms with van der Waals surface area (Å²) in [6, 6.07) is 24.8. The van der Waals surface area contributed by atoms with Gasteiger partial charge in [-0.2, -0.15) is 0 Å². The summed E-state index contributed by atoms with van der Waals surface area (Å²) in [5.74, 6) is 12.8. The Bertz CT molecular complexity index is 1330. The molecule has 150 valence electrons. The van der Waals surface area contributed by atoms with E-state index < -0.39 is 0 Å². The Hall–Kier alpha value is -3.44. The number of nitrogens with zero attached hydrogens (tertiary/aromatic N) is 2. The molecule has 2 unspecified atom stereocenters. The second-order valence-electron chi connectivity index (χ2n) is 7.51. The van der Waals surface area contributed by atoms with Crippen molar-refractivity contribution in [2.45, 2.75) is 20.3 Å². The van der Waals surface area contributed by atoms with Gasteiger partial charge in [0, 0.05) is 33.3 Å². The van der Waals surface area contributed by atoms with Crippen LogP contribution in [0.15, 0.2) is 95.0 Å². The van der Waals surface area contributed by atoms with E-state index in [1.807, 2.05) is 59.9 Å². The predicted octanol–water partition coefficient (Wildman–Crippen LogP) is 6.27. The van der Waals surface area contributed by atoms with Crippen LogP contribution in [0.5, 0.6) is 0 Å². The molecule has 0 spiro atoms. The number of aromatic nitrogens is 2. The highest BCUT2D eigenvalue weighted by molar-refractivity contribution is 8.05. The van der Waals surface area contributed by atoms with Crippen LogP contribution in [0.4, 0.5) is 0 Å². The van der Waals surface area contributed by atoms with E-state index in [-0.39, 0.29) is 0 Å². The molecule has 0 fully saturated rings. The Morgan fingerprint density at radius 2 is 1.06 bits per heavy atom. The SMILES string of the molecule is C(#Cc1ccccn1)c1ccc2c(c1)SC1c3ccc(C#Cc4ccccn4)cc3SC21. The van der Waals surface area contributed by atoms with Crippen molar-refractivity contribution in [2.75, 3.05) is 0 Å². The van der Waals surface area contributed by atoms with E-state index in [1.165, 1.54) is 20.9 Å². The Morgan fingerprint density at radius 1 is 0.562 bits per heavy atom. The average Bonchev–Trinajstić information content (AvgIpc) is 3.38. The van der Waals surface area contributed by atoms with Crippen molar-refractivity contribution in [1.82, 2.24) is 9.97 Å². The number of hydrogen-bond acceptors (Lipinski definition) is 4. The fourth-order valence-electron chi connectivity index (χ4n) is 3.89. The molecule has 4 heteroatoms. The molecule has 0 saturated heterocycles. The molecule has 0 bridgehead atoms. The summed E-state index contributed by atoms with van der Waals surface area (Å²) in [5, 5.41) is 0.892. The van der Waals surface area contributed by atoms with Gasteiger partial charge < -0.3 is 0 Å². The fraction of sp³-hybridized carbons (Fsp3) is 0.0714. The van der Waals surface area contributed by atoms with Crippen molar-refractivity contribution in [3.8, 4) is 23.7 Å². The minimum absolute atomic E-state index is 0.446. The Morgan fingerprint density at radius 3 is 1.50 bits per heavy atom. The summed E-state index contributed by atoms with van der Waals surface area (Å²) in [7, 11) is 0. The predicted molar refractivity (Wildman–Crippen MR) is 131 cm³/mol. The van der Waals surface area contributed by atoms with Gasteiger partial charge in [-0.15, -0.1) is 23.5 Å². The molecule has 4 heterocycles. The Balaban J connectivity index is 1.24. The summed E-state index contributed by atoms with van der Waals surface area (Å²) in [4.78, 5) is 11.2. The van der Waals surface area contributed by atoms with Crippen molar-refractivity contribution >= 4 is 23.5 Å². The summed E-state index contributed by atoms with van der Waals surface area (Å²) >= 11 is 3.90. The van der Waals surface area contributed by atoms with Gasteiger partial charge in [-0.1, -0.05) is 36.1 Å². The van der Waals surface area contributed by atoms with Gasteiger partial charge in [-0.3, -0.25) is 0 Å². The molecule has 2 aliphatic rings. The number of thioether (sulfide) groups is 2. The molecule has 0 N–H and O–H groups in total. The summed E-state index contributed by atoms with van der Waals surface area (Å²) in [5.41, 5.74) is 6.48. The molecule has 2 aromatic carbocycles.